The highest BCUT2D eigenvalue weighted by Gasteiger charge is 2.15. The number of rotatable bonds is 4. The standard InChI is InChI=1S/C9H8N2O2/c1-3-6(12)8-9(7(13)4-2)11-5-10-8/h3-5H,1-2H2,(H,10,11). The molecule has 4 nitrogen and oxygen atoms in total. The molecule has 66 valence electrons. The van der Waals surface area contributed by atoms with Crippen molar-refractivity contribution in [2.75, 3.05) is 0 Å². The Hall–Kier alpha value is -1.97. The largest absolute Gasteiger partial charge is 0.341 e. The van der Waals surface area contributed by atoms with Crippen LogP contribution in [0.4, 0.5) is 0 Å². The summed E-state index contributed by atoms with van der Waals surface area (Å²) in [5.74, 6) is -0.742. The second-order valence-corrected chi connectivity index (χ2v) is 2.26. The number of nitrogens with one attached hydrogen (secondary N) is 1. The SMILES string of the molecule is C=CC(=O)c1nc[nH]c1C(=O)C=C. The molecule has 0 aromatic carbocycles. The average Bonchev–Trinajstić information content (AvgIpc) is 2.63. The minimum atomic E-state index is -0.383. The molecule has 4 heteroatoms. The van der Waals surface area contributed by atoms with Crippen LogP contribution in [0, 0.1) is 0 Å². The fourth-order valence-electron chi connectivity index (χ4n) is 0.868. The van der Waals surface area contributed by atoms with Crippen LogP contribution < -0.4 is 0 Å². The highest BCUT2D eigenvalue weighted by atomic mass is 16.1. The molecule has 0 saturated heterocycles. The van der Waals surface area contributed by atoms with E-state index in [0.717, 1.165) is 12.2 Å². The summed E-state index contributed by atoms with van der Waals surface area (Å²) in [5.41, 5.74) is 0.236. The van der Waals surface area contributed by atoms with Gasteiger partial charge in [0.1, 0.15) is 11.4 Å². The first-order valence-electron chi connectivity index (χ1n) is 3.57. The fourth-order valence-corrected chi connectivity index (χ4v) is 0.868. The normalized spacial score (nSPS) is 9.23. The van der Waals surface area contributed by atoms with Crippen molar-refractivity contribution in [2.45, 2.75) is 0 Å². The number of hydrogen-bond donors (Lipinski definition) is 1. The molecule has 0 unspecified atom stereocenters. The van der Waals surface area contributed by atoms with Crippen LogP contribution in [0.25, 0.3) is 0 Å². The molecule has 1 rings (SSSR count). The topological polar surface area (TPSA) is 62.8 Å². The van der Waals surface area contributed by atoms with Gasteiger partial charge in [-0.2, -0.15) is 0 Å². The molecule has 13 heavy (non-hydrogen) atoms. The Kier molecular flexibility index (Phi) is 2.54. The van der Waals surface area contributed by atoms with E-state index in [9.17, 15) is 9.59 Å². The monoisotopic (exact) mass is 176 g/mol. The molecule has 0 fully saturated rings. The summed E-state index contributed by atoms with van der Waals surface area (Å²) in [4.78, 5) is 28.6. The van der Waals surface area contributed by atoms with Crippen LogP contribution in [0.2, 0.25) is 0 Å². The first-order chi connectivity index (χ1) is 6.20. The Morgan fingerprint density at radius 1 is 1.31 bits per heavy atom. The Labute approximate surface area is 75.0 Å². The second-order valence-electron chi connectivity index (χ2n) is 2.26. The van der Waals surface area contributed by atoms with E-state index in [0.29, 0.717) is 0 Å². The molecule has 1 aromatic heterocycles. The van der Waals surface area contributed by atoms with E-state index in [1.54, 1.807) is 0 Å². The van der Waals surface area contributed by atoms with Crippen LogP contribution in [-0.2, 0) is 0 Å². The maximum absolute atomic E-state index is 11.1. The predicted octanol–water partition coefficient (Wildman–Crippen LogP) is 1.15. The first-order valence-corrected chi connectivity index (χ1v) is 3.57. The van der Waals surface area contributed by atoms with Gasteiger partial charge < -0.3 is 4.98 Å². The Morgan fingerprint density at radius 3 is 2.46 bits per heavy atom. The van der Waals surface area contributed by atoms with Crippen LogP contribution in [0.15, 0.2) is 31.6 Å². The Morgan fingerprint density at radius 2 is 1.92 bits per heavy atom. The summed E-state index contributed by atoms with van der Waals surface area (Å²) in [6.07, 6.45) is 3.51. The summed E-state index contributed by atoms with van der Waals surface area (Å²) < 4.78 is 0. The third-order valence-electron chi connectivity index (χ3n) is 1.49. The number of allylic oxidation sites excluding steroid dienone is 2. The third kappa shape index (κ3) is 1.61. The minimum Gasteiger partial charge on any atom is -0.341 e. The van der Waals surface area contributed by atoms with Gasteiger partial charge in [-0.1, -0.05) is 13.2 Å². The third-order valence-corrected chi connectivity index (χ3v) is 1.49. The van der Waals surface area contributed by atoms with E-state index < -0.39 is 0 Å². The van der Waals surface area contributed by atoms with Gasteiger partial charge in [0.15, 0.2) is 0 Å². The van der Waals surface area contributed by atoms with E-state index in [1.165, 1.54) is 6.33 Å². The number of aromatic nitrogens is 2. The Balaban J connectivity index is 3.16. The maximum atomic E-state index is 11.1. The average molecular weight is 176 g/mol. The fraction of sp³-hybridized carbons (Fsp3) is 0. The van der Waals surface area contributed by atoms with Crippen molar-refractivity contribution in [1.82, 2.24) is 9.97 Å². The molecule has 0 amide bonds. The van der Waals surface area contributed by atoms with E-state index >= 15 is 0 Å². The number of hydrogen-bond acceptors (Lipinski definition) is 3. The maximum Gasteiger partial charge on any atom is 0.205 e. The molecular formula is C9H8N2O2. The Bertz CT molecular complexity index is 342. The zero-order chi connectivity index (χ0) is 9.84. The summed E-state index contributed by atoms with van der Waals surface area (Å²) in [6, 6.07) is 0. The van der Waals surface area contributed by atoms with E-state index in [1.807, 2.05) is 0 Å². The van der Waals surface area contributed by atoms with Crippen molar-refractivity contribution in [3.63, 3.8) is 0 Å². The number of ketones is 2. The number of imidazole rings is 1. The van der Waals surface area contributed by atoms with Gasteiger partial charge in [0.25, 0.3) is 0 Å². The van der Waals surface area contributed by atoms with Gasteiger partial charge in [0.2, 0.25) is 11.6 Å². The van der Waals surface area contributed by atoms with Gasteiger partial charge in [-0.25, -0.2) is 4.98 Å². The van der Waals surface area contributed by atoms with Gasteiger partial charge in [0.05, 0.1) is 6.33 Å². The van der Waals surface area contributed by atoms with Gasteiger partial charge >= 0.3 is 0 Å². The molecule has 0 aliphatic rings. The molecule has 0 aliphatic heterocycles. The van der Waals surface area contributed by atoms with Gasteiger partial charge in [-0.05, 0) is 12.2 Å². The molecule has 0 atom stereocenters. The molecule has 1 heterocycles. The number of nitrogens with zero attached hydrogens (tertiary/aromatic N) is 1. The van der Waals surface area contributed by atoms with E-state index in [4.69, 9.17) is 0 Å². The highest BCUT2D eigenvalue weighted by molar-refractivity contribution is 6.13. The van der Waals surface area contributed by atoms with Crippen molar-refractivity contribution in [2.24, 2.45) is 0 Å². The van der Waals surface area contributed by atoms with Crippen molar-refractivity contribution in [3.8, 4) is 0 Å². The van der Waals surface area contributed by atoms with Gasteiger partial charge in [-0.3, -0.25) is 9.59 Å². The molecular weight excluding hydrogens is 168 g/mol. The quantitative estimate of drug-likeness (QED) is 0.552. The second kappa shape index (κ2) is 3.62. The summed E-state index contributed by atoms with van der Waals surface area (Å²) in [7, 11) is 0. The zero-order valence-corrected chi connectivity index (χ0v) is 6.91. The zero-order valence-electron chi connectivity index (χ0n) is 6.91. The lowest BCUT2D eigenvalue weighted by Crippen LogP contribution is -2.04. The molecule has 0 saturated carbocycles. The predicted molar refractivity (Wildman–Crippen MR) is 47.6 cm³/mol. The van der Waals surface area contributed by atoms with Crippen LogP contribution in [0.5, 0.6) is 0 Å². The summed E-state index contributed by atoms with van der Waals surface area (Å²) >= 11 is 0. The van der Waals surface area contributed by atoms with Crippen molar-refractivity contribution in [1.29, 1.82) is 0 Å². The van der Waals surface area contributed by atoms with E-state index in [2.05, 4.69) is 23.1 Å². The number of carbonyl (C=O) groups is 2. The van der Waals surface area contributed by atoms with Crippen LogP contribution in [0.1, 0.15) is 21.0 Å². The summed E-state index contributed by atoms with van der Waals surface area (Å²) in [6.45, 7) is 6.61. The molecule has 1 N–H and O–H groups in total. The first kappa shape index (κ1) is 9.12. The van der Waals surface area contributed by atoms with Gasteiger partial charge in [-0.15, -0.1) is 0 Å². The molecule has 0 radical (unpaired) electrons. The number of aromatic amines is 1. The highest BCUT2D eigenvalue weighted by Crippen LogP contribution is 2.05. The summed E-state index contributed by atoms with van der Waals surface area (Å²) in [5, 5.41) is 0. The van der Waals surface area contributed by atoms with Crippen LogP contribution in [-0.4, -0.2) is 21.5 Å². The van der Waals surface area contributed by atoms with Crippen molar-refractivity contribution < 1.29 is 9.59 Å². The van der Waals surface area contributed by atoms with Crippen LogP contribution >= 0.6 is 0 Å². The minimum absolute atomic E-state index is 0.0832. The van der Waals surface area contributed by atoms with Gasteiger partial charge in [0, 0.05) is 0 Å². The number of carbonyl (C=O) groups excluding carboxylic acids is 2. The molecule has 0 bridgehead atoms. The lowest BCUT2D eigenvalue weighted by molar-refractivity contribution is 0.101. The smallest absolute Gasteiger partial charge is 0.205 e. The lowest BCUT2D eigenvalue weighted by Gasteiger charge is -1.92. The molecule has 0 aliphatic carbocycles. The lowest BCUT2D eigenvalue weighted by atomic mass is 10.2. The van der Waals surface area contributed by atoms with Crippen molar-refractivity contribution in [3.05, 3.63) is 43.0 Å². The van der Waals surface area contributed by atoms with Crippen molar-refractivity contribution >= 4 is 11.6 Å². The molecule has 1 aromatic rings. The molecule has 0 spiro atoms. The van der Waals surface area contributed by atoms with E-state index in [-0.39, 0.29) is 23.0 Å². The van der Waals surface area contributed by atoms with Crippen LogP contribution in [0.3, 0.4) is 0 Å². The number of H-pyrrole nitrogens is 1.